The van der Waals surface area contributed by atoms with Gasteiger partial charge < -0.3 is 0 Å². The fourth-order valence-corrected chi connectivity index (χ4v) is 9.37. The first-order valence-corrected chi connectivity index (χ1v) is 21.1. The molecular weight excluding hydrogens is 751 g/mol. The van der Waals surface area contributed by atoms with Crippen molar-refractivity contribution in [2.75, 3.05) is 0 Å². The van der Waals surface area contributed by atoms with Crippen molar-refractivity contribution in [2.24, 2.45) is 0 Å². The van der Waals surface area contributed by atoms with Gasteiger partial charge in [-0.25, -0.2) is 9.97 Å². The van der Waals surface area contributed by atoms with Gasteiger partial charge in [-0.15, -0.1) is 0 Å². The number of hydrogen-bond acceptors (Lipinski definition) is 3. The second-order valence-corrected chi connectivity index (χ2v) is 15.9. The molecule has 0 N–H and O–H groups in total. The summed E-state index contributed by atoms with van der Waals surface area (Å²) in [6.45, 7) is 0. The van der Waals surface area contributed by atoms with Crippen molar-refractivity contribution < 1.29 is 0 Å². The number of hydrogen-bond donors (Lipinski definition) is 0. The van der Waals surface area contributed by atoms with E-state index < -0.39 is 0 Å². The van der Waals surface area contributed by atoms with E-state index in [1.165, 1.54) is 70.6 Å². The molecular formula is C59H37N3. The van der Waals surface area contributed by atoms with Crippen molar-refractivity contribution in [3.63, 3.8) is 0 Å². The Morgan fingerprint density at radius 2 is 0.710 bits per heavy atom. The molecule has 0 bridgehead atoms. The molecule has 0 radical (unpaired) electrons. The molecule has 0 fully saturated rings. The average molecular weight is 788 g/mol. The van der Waals surface area contributed by atoms with Crippen LogP contribution < -0.4 is 0 Å². The molecule has 0 spiro atoms. The summed E-state index contributed by atoms with van der Waals surface area (Å²) in [6.07, 6.45) is 1.83. The molecule has 0 aliphatic heterocycles. The van der Waals surface area contributed by atoms with Crippen molar-refractivity contribution in [3.05, 3.63) is 225 Å². The monoisotopic (exact) mass is 787 g/mol. The molecule has 2 aromatic heterocycles. The summed E-state index contributed by atoms with van der Waals surface area (Å²) >= 11 is 0. The van der Waals surface area contributed by atoms with Gasteiger partial charge in [0.2, 0.25) is 0 Å². The van der Waals surface area contributed by atoms with Crippen LogP contribution in [0.3, 0.4) is 0 Å². The Bertz CT molecular complexity index is 3690. The molecule has 12 rings (SSSR count). The van der Waals surface area contributed by atoms with Gasteiger partial charge in [0.15, 0.2) is 5.82 Å². The zero-order chi connectivity index (χ0) is 41.0. The molecule has 0 aliphatic carbocycles. The van der Waals surface area contributed by atoms with E-state index in [2.05, 4.69) is 199 Å². The summed E-state index contributed by atoms with van der Waals surface area (Å²) in [6, 6.07) is 78.2. The average Bonchev–Trinajstić information content (AvgIpc) is 3.36. The summed E-state index contributed by atoms with van der Waals surface area (Å²) in [5.74, 6) is 0.675. The minimum Gasteiger partial charge on any atom is -0.256 e. The van der Waals surface area contributed by atoms with E-state index in [0.29, 0.717) is 5.82 Å². The number of rotatable bonds is 6. The van der Waals surface area contributed by atoms with Crippen molar-refractivity contribution in [3.8, 4) is 67.4 Å². The standard InChI is InChI=1S/C59H37N3/c1-2-16-38(17-3-1)57-37-58(42-21-15-20-41(33-42)56-30-12-13-31-60-56)62-59(61-57)43-22-14-19-39(32-43)51-35-53-49-28-10-11-29-50(49)54(36-55(53)48-27-9-7-25-46(48)51)52-34-40-18-4-5-23-44(40)45-24-6-8-26-47(45)52/h1-37H. The van der Waals surface area contributed by atoms with Crippen molar-refractivity contribution in [1.82, 2.24) is 15.0 Å². The van der Waals surface area contributed by atoms with Crippen LogP contribution >= 0.6 is 0 Å². The van der Waals surface area contributed by atoms with Crippen LogP contribution in [0.5, 0.6) is 0 Å². The maximum absolute atomic E-state index is 5.27. The second kappa shape index (κ2) is 14.8. The summed E-state index contributed by atoms with van der Waals surface area (Å²) in [5, 5.41) is 12.4. The van der Waals surface area contributed by atoms with Gasteiger partial charge in [-0.1, -0.05) is 170 Å². The summed E-state index contributed by atoms with van der Waals surface area (Å²) < 4.78 is 0. The van der Waals surface area contributed by atoms with E-state index in [0.717, 1.165) is 44.9 Å². The molecule has 10 aromatic carbocycles. The SMILES string of the molecule is c1ccc(-c2cc(-c3cccc(-c4ccccn4)c3)nc(-c3cccc(-c4cc5c6ccccc6c(-c6cc7ccccc7c7ccccc67)cc5c5ccccc45)c3)n2)cc1. The fourth-order valence-electron chi connectivity index (χ4n) is 9.37. The predicted molar refractivity (Wildman–Crippen MR) is 260 cm³/mol. The van der Waals surface area contributed by atoms with Gasteiger partial charge in [0.1, 0.15) is 0 Å². The molecule has 0 saturated carbocycles. The van der Waals surface area contributed by atoms with E-state index in [-0.39, 0.29) is 0 Å². The molecule has 288 valence electrons. The smallest absolute Gasteiger partial charge is 0.160 e. The molecule has 12 aromatic rings. The van der Waals surface area contributed by atoms with Gasteiger partial charge in [0.25, 0.3) is 0 Å². The second-order valence-electron chi connectivity index (χ2n) is 15.9. The van der Waals surface area contributed by atoms with E-state index in [9.17, 15) is 0 Å². The summed E-state index contributed by atoms with van der Waals surface area (Å²) in [4.78, 5) is 15.1. The van der Waals surface area contributed by atoms with E-state index in [1.807, 2.05) is 30.5 Å². The first kappa shape index (κ1) is 35.7. The molecule has 0 unspecified atom stereocenters. The minimum atomic E-state index is 0.675. The first-order valence-electron chi connectivity index (χ1n) is 21.1. The van der Waals surface area contributed by atoms with Crippen LogP contribution in [-0.2, 0) is 0 Å². The van der Waals surface area contributed by atoms with E-state index in [4.69, 9.17) is 9.97 Å². The zero-order valence-corrected chi connectivity index (χ0v) is 33.7. The van der Waals surface area contributed by atoms with E-state index >= 15 is 0 Å². The number of fused-ring (bicyclic) bond motifs is 8. The number of benzene rings is 10. The van der Waals surface area contributed by atoms with Gasteiger partial charge in [-0.3, -0.25) is 4.98 Å². The maximum atomic E-state index is 5.27. The molecule has 0 amide bonds. The third kappa shape index (κ3) is 6.10. The Morgan fingerprint density at radius 3 is 1.39 bits per heavy atom. The summed E-state index contributed by atoms with van der Waals surface area (Å²) in [5.41, 5.74) is 11.5. The molecule has 0 aliphatic rings. The zero-order valence-electron chi connectivity index (χ0n) is 33.7. The van der Waals surface area contributed by atoms with Crippen molar-refractivity contribution >= 4 is 53.9 Å². The predicted octanol–water partition coefficient (Wildman–Crippen LogP) is 15.6. The Morgan fingerprint density at radius 1 is 0.242 bits per heavy atom. The molecule has 2 heterocycles. The molecule has 3 heteroatoms. The lowest BCUT2D eigenvalue weighted by Gasteiger charge is -2.18. The van der Waals surface area contributed by atoms with Crippen LogP contribution in [0, 0.1) is 0 Å². The van der Waals surface area contributed by atoms with Crippen LogP contribution in [0.15, 0.2) is 225 Å². The number of pyridine rings is 1. The van der Waals surface area contributed by atoms with Crippen LogP contribution in [0.2, 0.25) is 0 Å². The highest BCUT2D eigenvalue weighted by Gasteiger charge is 2.18. The normalized spacial score (nSPS) is 11.5. The lowest BCUT2D eigenvalue weighted by Crippen LogP contribution is -1.96. The quantitative estimate of drug-likeness (QED) is 0.158. The Labute approximate surface area is 359 Å². The molecule has 0 saturated heterocycles. The number of aromatic nitrogens is 3. The molecule has 3 nitrogen and oxygen atoms in total. The van der Waals surface area contributed by atoms with Crippen LogP contribution in [0.1, 0.15) is 0 Å². The highest BCUT2D eigenvalue weighted by Crippen LogP contribution is 2.45. The molecule has 62 heavy (non-hydrogen) atoms. The Kier molecular flexibility index (Phi) is 8.50. The van der Waals surface area contributed by atoms with E-state index in [1.54, 1.807) is 0 Å². The van der Waals surface area contributed by atoms with Gasteiger partial charge in [0, 0.05) is 28.5 Å². The Balaban J connectivity index is 1.05. The maximum Gasteiger partial charge on any atom is 0.160 e. The van der Waals surface area contributed by atoms with Crippen molar-refractivity contribution in [1.29, 1.82) is 0 Å². The third-order valence-electron chi connectivity index (χ3n) is 12.3. The topological polar surface area (TPSA) is 38.7 Å². The van der Waals surface area contributed by atoms with Crippen molar-refractivity contribution in [2.45, 2.75) is 0 Å². The fraction of sp³-hybridized carbons (Fsp3) is 0. The van der Waals surface area contributed by atoms with Crippen LogP contribution in [0.25, 0.3) is 121 Å². The van der Waals surface area contributed by atoms with Gasteiger partial charge in [-0.2, -0.15) is 0 Å². The largest absolute Gasteiger partial charge is 0.256 e. The number of nitrogens with zero attached hydrogens (tertiary/aromatic N) is 3. The third-order valence-corrected chi connectivity index (χ3v) is 12.3. The van der Waals surface area contributed by atoms with Gasteiger partial charge in [-0.05, 0) is 125 Å². The highest BCUT2D eigenvalue weighted by atomic mass is 14.9. The lowest BCUT2D eigenvalue weighted by molar-refractivity contribution is 1.18. The Hall–Kier alpha value is -8.27. The highest BCUT2D eigenvalue weighted by molar-refractivity contribution is 6.26. The van der Waals surface area contributed by atoms with Crippen LogP contribution in [0.4, 0.5) is 0 Å². The first-order chi connectivity index (χ1) is 30.7. The van der Waals surface area contributed by atoms with Gasteiger partial charge >= 0.3 is 0 Å². The summed E-state index contributed by atoms with van der Waals surface area (Å²) in [7, 11) is 0. The lowest BCUT2D eigenvalue weighted by atomic mass is 9.86. The molecule has 0 atom stereocenters. The van der Waals surface area contributed by atoms with Gasteiger partial charge in [0.05, 0.1) is 17.1 Å². The van der Waals surface area contributed by atoms with Crippen LogP contribution in [-0.4, -0.2) is 15.0 Å². The minimum absolute atomic E-state index is 0.675.